The fraction of sp³-hybridized carbons (Fsp3) is 0.0625. The largest absolute Gasteiger partial charge is 0.508 e. The Hall–Kier alpha value is -2.75. The van der Waals surface area contributed by atoms with E-state index in [9.17, 15) is 20.1 Å². The highest BCUT2D eigenvalue weighted by Crippen LogP contribution is 2.28. The third-order valence-electron chi connectivity index (χ3n) is 2.95. The number of aromatic hydroxyl groups is 3. The van der Waals surface area contributed by atoms with Crippen LogP contribution in [0.5, 0.6) is 17.2 Å². The summed E-state index contributed by atoms with van der Waals surface area (Å²) in [6.45, 7) is 0. The van der Waals surface area contributed by atoms with Crippen LogP contribution in [0, 0.1) is 0 Å². The number of para-hydroxylation sites is 1. The number of hydrogen-bond donors (Lipinski definition) is 3. The number of hydrogen-bond acceptors (Lipinski definition) is 4. The first-order valence-corrected chi connectivity index (χ1v) is 6.06. The van der Waals surface area contributed by atoms with Crippen molar-refractivity contribution in [3.63, 3.8) is 0 Å². The Labute approximate surface area is 116 Å². The van der Waals surface area contributed by atoms with Gasteiger partial charge in [0.1, 0.15) is 23.5 Å². The Morgan fingerprint density at radius 1 is 1.00 bits per heavy atom. The minimum Gasteiger partial charge on any atom is -0.508 e. The van der Waals surface area contributed by atoms with Gasteiger partial charge in [-0.25, -0.2) is 0 Å². The number of carbonyl (C=O) groups is 1. The van der Waals surface area contributed by atoms with Crippen LogP contribution in [-0.2, 0) is 11.2 Å². The summed E-state index contributed by atoms with van der Waals surface area (Å²) >= 11 is 0. The number of allylic oxidation sites excluding steroid dienone is 2. The van der Waals surface area contributed by atoms with Crippen LogP contribution in [0.3, 0.4) is 0 Å². The van der Waals surface area contributed by atoms with E-state index in [1.807, 2.05) is 0 Å². The highest BCUT2D eigenvalue weighted by molar-refractivity contribution is 6.08. The van der Waals surface area contributed by atoms with Crippen LogP contribution >= 0.6 is 0 Å². The Morgan fingerprint density at radius 2 is 1.75 bits per heavy atom. The van der Waals surface area contributed by atoms with E-state index in [1.54, 1.807) is 30.3 Å². The van der Waals surface area contributed by atoms with Crippen LogP contribution in [0.25, 0.3) is 5.57 Å². The molecule has 0 aliphatic rings. The molecular formula is C16H14O4. The Bertz CT molecular complexity index is 659. The van der Waals surface area contributed by atoms with Gasteiger partial charge in [0.15, 0.2) is 0 Å². The molecule has 0 heterocycles. The van der Waals surface area contributed by atoms with Gasteiger partial charge in [0, 0.05) is 17.2 Å². The Morgan fingerprint density at radius 3 is 2.40 bits per heavy atom. The molecule has 0 bridgehead atoms. The van der Waals surface area contributed by atoms with Crippen molar-refractivity contribution in [1.29, 1.82) is 0 Å². The van der Waals surface area contributed by atoms with E-state index in [2.05, 4.69) is 0 Å². The summed E-state index contributed by atoms with van der Waals surface area (Å²) in [5.74, 6) is -0.0817. The summed E-state index contributed by atoms with van der Waals surface area (Å²) in [6, 6.07) is 10.9. The summed E-state index contributed by atoms with van der Waals surface area (Å²) in [7, 11) is 0. The van der Waals surface area contributed by atoms with Crippen LogP contribution in [0.2, 0.25) is 0 Å². The number of rotatable bonds is 4. The topological polar surface area (TPSA) is 77.8 Å². The predicted molar refractivity (Wildman–Crippen MR) is 75.6 cm³/mol. The fourth-order valence-corrected chi connectivity index (χ4v) is 1.89. The lowest BCUT2D eigenvalue weighted by atomic mass is 10.0. The summed E-state index contributed by atoms with van der Waals surface area (Å²) in [4.78, 5) is 11.1. The number of phenols is 3. The molecule has 102 valence electrons. The van der Waals surface area contributed by atoms with Gasteiger partial charge in [-0.1, -0.05) is 24.3 Å². The van der Waals surface area contributed by atoms with Crippen LogP contribution < -0.4 is 0 Å². The van der Waals surface area contributed by atoms with E-state index < -0.39 is 0 Å². The van der Waals surface area contributed by atoms with Gasteiger partial charge in [0.2, 0.25) is 0 Å². The maximum Gasteiger partial charge on any atom is 0.150 e. The second kappa shape index (κ2) is 5.93. The van der Waals surface area contributed by atoms with Gasteiger partial charge in [-0.15, -0.1) is 0 Å². The smallest absolute Gasteiger partial charge is 0.150 e. The first-order chi connectivity index (χ1) is 9.61. The van der Waals surface area contributed by atoms with E-state index in [0.717, 1.165) is 0 Å². The van der Waals surface area contributed by atoms with E-state index in [-0.39, 0.29) is 17.2 Å². The van der Waals surface area contributed by atoms with Crippen molar-refractivity contribution in [3.8, 4) is 17.2 Å². The first kappa shape index (κ1) is 13.7. The molecule has 0 spiro atoms. The number of benzene rings is 2. The van der Waals surface area contributed by atoms with Crippen LogP contribution in [-0.4, -0.2) is 21.6 Å². The van der Waals surface area contributed by atoms with Crippen molar-refractivity contribution < 1.29 is 20.1 Å². The monoisotopic (exact) mass is 270 g/mol. The molecule has 2 aromatic carbocycles. The molecule has 2 rings (SSSR count). The number of aldehydes is 1. The molecule has 0 radical (unpaired) electrons. The summed E-state index contributed by atoms with van der Waals surface area (Å²) in [5.41, 5.74) is 1.32. The zero-order valence-corrected chi connectivity index (χ0v) is 10.7. The van der Waals surface area contributed by atoms with Crippen molar-refractivity contribution in [2.75, 3.05) is 0 Å². The maximum absolute atomic E-state index is 11.1. The van der Waals surface area contributed by atoms with Crippen molar-refractivity contribution in [2.45, 2.75) is 6.42 Å². The van der Waals surface area contributed by atoms with Gasteiger partial charge in [0.25, 0.3) is 0 Å². The Kier molecular flexibility index (Phi) is 4.05. The number of phenolic OH excluding ortho intramolecular Hbond substituents is 3. The lowest BCUT2D eigenvalue weighted by Gasteiger charge is -2.05. The lowest BCUT2D eigenvalue weighted by Crippen LogP contribution is -1.90. The molecule has 0 atom stereocenters. The van der Waals surface area contributed by atoms with E-state index >= 15 is 0 Å². The molecule has 0 aromatic heterocycles. The van der Waals surface area contributed by atoms with E-state index in [1.165, 1.54) is 18.2 Å². The molecule has 0 unspecified atom stereocenters. The average Bonchev–Trinajstić information content (AvgIpc) is 2.43. The van der Waals surface area contributed by atoms with Crippen LogP contribution in [0.1, 0.15) is 11.1 Å². The fourth-order valence-electron chi connectivity index (χ4n) is 1.89. The zero-order valence-electron chi connectivity index (χ0n) is 10.7. The van der Waals surface area contributed by atoms with Gasteiger partial charge in [-0.3, -0.25) is 4.79 Å². The minimum atomic E-state index is -0.166. The average molecular weight is 270 g/mol. The molecule has 0 amide bonds. The molecule has 3 N–H and O–H groups in total. The third kappa shape index (κ3) is 2.98. The summed E-state index contributed by atoms with van der Waals surface area (Å²) in [6.07, 6.45) is 2.61. The van der Waals surface area contributed by atoms with Gasteiger partial charge >= 0.3 is 0 Å². The zero-order chi connectivity index (χ0) is 14.5. The van der Waals surface area contributed by atoms with Crippen molar-refractivity contribution in [3.05, 3.63) is 59.7 Å². The highest BCUT2D eigenvalue weighted by Gasteiger charge is 2.08. The molecule has 4 heteroatoms. The van der Waals surface area contributed by atoms with Gasteiger partial charge in [0.05, 0.1) is 0 Å². The second-order valence-electron chi connectivity index (χ2n) is 4.31. The quantitative estimate of drug-likeness (QED) is 0.589. The Balaban J connectivity index is 2.30. The molecule has 0 fully saturated rings. The second-order valence-corrected chi connectivity index (χ2v) is 4.31. The first-order valence-electron chi connectivity index (χ1n) is 6.06. The van der Waals surface area contributed by atoms with Gasteiger partial charge in [-0.2, -0.15) is 0 Å². The molecule has 0 aliphatic heterocycles. The van der Waals surface area contributed by atoms with Crippen LogP contribution in [0.15, 0.2) is 48.5 Å². The summed E-state index contributed by atoms with van der Waals surface area (Å²) in [5, 5.41) is 28.6. The summed E-state index contributed by atoms with van der Waals surface area (Å²) < 4.78 is 0. The number of carbonyl (C=O) groups excluding carboxylic acids is 1. The van der Waals surface area contributed by atoms with Crippen molar-refractivity contribution in [1.82, 2.24) is 0 Å². The molecule has 4 nitrogen and oxygen atoms in total. The SMILES string of the molecule is O=CC(=CCc1ccccc1O)c1ccc(O)cc1O. The van der Waals surface area contributed by atoms with Gasteiger partial charge in [-0.05, 0) is 30.2 Å². The molecular weight excluding hydrogens is 256 g/mol. The molecule has 0 saturated carbocycles. The lowest BCUT2D eigenvalue weighted by molar-refractivity contribution is -0.103. The third-order valence-corrected chi connectivity index (χ3v) is 2.95. The normalized spacial score (nSPS) is 11.3. The van der Waals surface area contributed by atoms with Crippen molar-refractivity contribution >= 4 is 11.9 Å². The minimum absolute atomic E-state index is 0.0720. The molecule has 0 aliphatic carbocycles. The van der Waals surface area contributed by atoms with Crippen LogP contribution in [0.4, 0.5) is 0 Å². The molecule has 20 heavy (non-hydrogen) atoms. The van der Waals surface area contributed by atoms with Gasteiger partial charge < -0.3 is 15.3 Å². The predicted octanol–water partition coefficient (Wildman–Crippen LogP) is 2.63. The van der Waals surface area contributed by atoms with E-state index in [4.69, 9.17) is 0 Å². The molecule has 2 aromatic rings. The van der Waals surface area contributed by atoms with Crippen molar-refractivity contribution in [2.24, 2.45) is 0 Å². The standard InChI is InChI=1S/C16H14O4/c17-10-12(14-8-7-13(18)9-16(14)20)6-5-11-3-1-2-4-15(11)19/h1-4,6-10,18-20H,5H2. The van der Waals surface area contributed by atoms with E-state index in [0.29, 0.717) is 29.4 Å². The maximum atomic E-state index is 11.1. The highest BCUT2D eigenvalue weighted by atomic mass is 16.3. The molecule has 0 saturated heterocycles.